The van der Waals surface area contributed by atoms with E-state index in [1.807, 2.05) is 65.0 Å². The number of hydrogen-bond donors (Lipinski definition) is 5. The summed E-state index contributed by atoms with van der Waals surface area (Å²) in [6.07, 6.45) is 2.48. The number of carbonyl (C=O) groups excluding carboxylic acids is 3. The summed E-state index contributed by atoms with van der Waals surface area (Å²) in [7, 11) is 0. The summed E-state index contributed by atoms with van der Waals surface area (Å²) < 4.78 is 0. The summed E-state index contributed by atoms with van der Waals surface area (Å²) in [4.78, 5) is 38.5. The van der Waals surface area contributed by atoms with E-state index < -0.39 is 24.1 Å². The van der Waals surface area contributed by atoms with Crippen LogP contribution >= 0.6 is 0 Å². The summed E-state index contributed by atoms with van der Waals surface area (Å²) in [5, 5.41) is 19.7. The van der Waals surface area contributed by atoms with Crippen LogP contribution in [0.2, 0.25) is 0 Å². The highest BCUT2D eigenvalue weighted by atomic mass is 16.3. The third-order valence-corrected chi connectivity index (χ3v) is 6.53. The first kappa shape index (κ1) is 28.8. The zero-order chi connectivity index (χ0) is 26.2. The molecule has 35 heavy (non-hydrogen) atoms. The predicted molar refractivity (Wildman–Crippen MR) is 137 cm³/mol. The molecule has 0 radical (unpaired) electrons. The smallest absolute Gasteiger partial charge is 0.237 e. The Labute approximate surface area is 209 Å². The normalized spacial score (nSPS) is 21.0. The maximum absolute atomic E-state index is 13.1. The van der Waals surface area contributed by atoms with Crippen molar-refractivity contribution in [2.75, 3.05) is 6.54 Å². The van der Waals surface area contributed by atoms with E-state index in [0.29, 0.717) is 19.3 Å². The molecule has 2 rings (SSSR count). The second kappa shape index (κ2) is 13.0. The molecule has 0 saturated heterocycles. The fourth-order valence-corrected chi connectivity index (χ4v) is 4.43. The molecule has 5 atom stereocenters. The van der Waals surface area contributed by atoms with E-state index in [2.05, 4.69) is 16.0 Å². The van der Waals surface area contributed by atoms with Crippen molar-refractivity contribution in [3.8, 4) is 0 Å². The number of amides is 3. The SMILES string of the molecule is CC(C)[C@H](N)C(=O)N[C@@H](Cc1ccccc1)[C@H](O)CNC(=O)[C@@H]1CCCC[C@@H]1C(=O)NC(C)(C)C. The zero-order valence-electron chi connectivity index (χ0n) is 21.8. The Morgan fingerprint density at radius 2 is 1.60 bits per heavy atom. The molecule has 1 saturated carbocycles. The number of rotatable bonds is 10. The van der Waals surface area contributed by atoms with Gasteiger partial charge in [0.1, 0.15) is 0 Å². The monoisotopic (exact) mass is 488 g/mol. The summed E-state index contributed by atoms with van der Waals surface area (Å²) in [5.41, 5.74) is 6.59. The molecule has 0 unspecified atom stereocenters. The van der Waals surface area contributed by atoms with Gasteiger partial charge in [-0.05, 0) is 51.5 Å². The molecule has 1 aromatic carbocycles. The van der Waals surface area contributed by atoms with Crippen LogP contribution in [-0.2, 0) is 20.8 Å². The average molecular weight is 489 g/mol. The Bertz CT molecular complexity index is 837. The molecule has 0 aromatic heterocycles. The zero-order valence-corrected chi connectivity index (χ0v) is 21.8. The topological polar surface area (TPSA) is 134 Å². The van der Waals surface area contributed by atoms with E-state index in [0.717, 1.165) is 18.4 Å². The number of nitrogens with one attached hydrogen (secondary N) is 3. The third kappa shape index (κ3) is 9.26. The molecule has 0 spiro atoms. The van der Waals surface area contributed by atoms with Gasteiger partial charge in [0.05, 0.1) is 18.2 Å². The van der Waals surface area contributed by atoms with Crippen molar-refractivity contribution in [1.29, 1.82) is 0 Å². The van der Waals surface area contributed by atoms with Gasteiger partial charge in [-0.25, -0.2) is 0 Å². The van der Waals surface area contributed by atoms with Crippen molar-refractivity contribution < 1.29 is 19.5 Å². The van der Waals surface area contributed by atoms with E-state index in [-0.39, 0.29) is 41.6 Å². The van der Waals surface area contributed by atoms with Crippen LogP contribution in [0, 0.1) is 17.8 Å². The highest BCUT2D eigenvalue weighted by molar-refractivity contribution is 5.88. The lowest BCUT2D eigenvalue weighted by Crippen LogP contribution is -2.55. The quantitative estimate of drug-likeness (QED) is 0.343. The molecule has 8 heteroatoms. The van der Waals surface area contributed by atoms with Crippen molar-refractivity contribution in [2.45, 2.75) is 90.4 Å². The van der Waals surface area contributed by atoms with Gasteiger partial charge in [-0.15, -0.1) is 0 Å². The molecule has 1 fully saturated rings. The molecule has 6 N–H and O–H groups in total. The Hall–Kier alpha value is -2.45. The Morgan fingerprint density at radius 1 is 1.03 bits per heavy atom. The third-order valence-electron chi connectivity index (χ3n) is 6.53. The summed E-state index contributed by atoms with van der Waals surface area (Å²) in [6, 6.07) is 8.22. The fourth-order valence-electron chi connectivity index (χ4n) is 4.43. The first-order valence-corrected chi connectivity index (χ1v) is 12.8. The van der Waals surface area contributed by atoms with Crippen LogP contribution < -0.4 is 21.7 Å². The molecule has 1 aromatic rings. The molecular weight excluding hydrogens is 444 g/mol. The van der Waals surface area contributed by atoms with Crippen LogP contribution in [0.25, 0.3) is 0 Å². The number of nitrogens with two attached hydrogens (primary N) is 1. The van der Waals surface area contributed by atoms with E-state index in [9.17, 15) is 19.5 Å². The van der Waals surface area contributed by atoms with E-state index in [1.165, 1.54) is 0 Å². The summed E-state index contributed by atoms with van der Waals surface area (Å²) >= 11 is 0. The lowest BCUT2D eigenvalue weighted by atomic mass is 9.77. The van der Waals surface area contributed by atoms with Gasteiger partial charge in [0.25, 0.3) is 0 Å². The number of hydrogen-bond acceptors (Lipinski definition) is 5. The molecular formula is C27H44N4O4. The average Bonchev–Trinajstić information content (AvgIpc) is 2.80. The second-order valence-electron chi connectivity index (χ2n) is 11.1. The lowest BCUT2D eigenvalue weighted by molar-refractivity contribution is -0.137. The summed E-state index contributed by atoms with van der Waals surface area (Å²) in [5.74, 6) is -1.54. The number of benzene rings is 1. The largest absolute Gasteiger partial charge is 0.389 e. The van der Waals surface area contributed by atoms with Crippen molar-refractivity contribution in [3.63, 3.8) is 0 Å². The van der Waals surface area contributed by atoms with Gasteiger partial charge < -0.3 is 26.8 Å². The highest BCUT2D eigenvalue weighted by Crippen LogP contribution is 2.31. The summed E-state index contributed by atoms with van der Waals surface area (Å²) in [6.45, 7) is 9.47. The molecule has 8 nitrogen and oxygen atoms in total. The molecule has 196 valence electrons. The first-order chi connectivity index (χ1) is 16.4. The maximum atomic E-state index is 13.1. The maximum Gasteiger partial charge on any atom is 0.237 e. The van der Waals surface area contributed by atoms with Gasteiger partial charge in [0, 0.05) is 23.9 Å². The molecule has 3 amide bonds. The lowest BCUT2D eigenvalue weighted by Gasteiger charge is -2.33. The van der Waals surface area contributed by atoms with Crippen molar-refractivity contribution in [2.24, 2.45) is 23.5 Å². The van der Waals surface area contributed by atoms with Crippen LogP contribution in [0.4, 0.5) is 0 Å². The number of carbonyl (C=O) groups is 3. The predicted octanol–water partition coefficient (Wildman–Crippen LogP) is 1.90. The van der Waals surface area contributed by atoms with Crippen LogP contribution in [0.15, 0.2) is 30.3 Å². The van der Waals surface area contributed by atoms with Gasteiger partial charge >= 0.3 is 0 Å². The van der Waals surface area contributed by atoms with Crippen LogP contribution in [-0.4, -0.2) is 53.1 Å². The van der Waals surface area contributed by atoms with Crippen LogP contribution in [0.3, 0.4) is 0 Å². The van der Waals surface area contributed by atoms with Gasteiger partial charge in [-0.3, -0.25) is 14.4 Å². The van der Waals surface area contributed by atoms with E-state index >= 15 is 0 Å². The second-order valence-corrected chi connectivity index (χ2v) is 11.1. The van der Waals surface area contributed by atoms with Crippen LogP contribution in [0.5, 0.6) is 0 Å². The van der Waals surface area contributed by atoms with Gasteiger partial charge in [-0.2, -0.15) is 0 Å². The van der Waals surface area contributed by atoms with Crippen molar-refractivity contribution in [3.05, 3.63) is 35.9 Å². The van der Waals surface area contributed by atoms with Gasteiger partial charge in [0.2, 0.25) is 17.7 Å². The number of aliphatic hydroxyl groups is 1. The molecule has 1 aliphatic carbocycles. The Balaban J connectivity index is 2.06. The first-order valence-electron chi connectivity index (χ1n) is 12.8. The number of aliphatic hydroxyl groups excluding tert-OH is 1. The standard InChI is InChI=1S/C27H44N4O4/c1-17(2)23(28)26(35)30-21(15-18-11-7-6-8-12-18)22(32)16-29-24(33)19-13-9-10-14-20(19)25(34)31-27(3,4)5/h6-8,11-12,17,19-23,32H,9-10,13-16,28H2,1-5H3,(H,29,33)(H,30,35)(H,31,34)/t19-,20+,21+,22-,23+/m1/s1. The highest BCUT2D eigenvalue weighted by Gasteiger charge is 2.37. The van der Waals surface area contributed by atoms with E-state index in [4.69, 9.17) is 5.73 Å². The van der Waals surface area contributed by atoms with Gasteiger partial charge in [0.15, 0.2) is 0 Å². The molecule has 0 heterocycles. The molecule has 0 bridgehead atoms. The Morgan fingerprint density at radius 3 is 2.14 bits per heavy atom. The minimum absolute atomic E-state index is 0.0301. The van der Waals surface area contributed by atoms with Gasteiger partial charge in [-0.1, -0.05) is 57.0 Å². The Kier molecular flexibility index (Phi) is 10.7. The molecule has 0 aliphatic heterocycles. The molecule has 1 aliphatic rings. The van der Waals surface area contributed by atoms with Crippen molar-refractivity contribution in [1.82, 2.24) is 16.0 Å². The van der Waals surface area contributed by atoms with E-state index in [1.54, 1.807) is 0 Å². The minimum Gasteiger partial charge on any atom is -0.389 e. The van der Waals surface area contributed by atoms with Crippen molar-refractivity contribution >= 4 is 17.7 Å². The van der Waals surface area contributed by atoms with Crippen LogP contribution in [0.1, 0.15) is 65.9 Å². The fraction of sp³-hybridized carbons (Fsp3) is 0.667. The minimum atomic E-state index is -1.02.